The molecule has 0 aromatic carbocycles. The van der Waals surface area contributed by atoms with Crippen molar-refractivity contribution in [1.82, 2.24) is 15.1 Å². The molecule has 1 aliphatic heterocycles. The monoisotopic (exact) mass is 257 g/mol. The molecule has 0 radical (unpaired) electrons. The van der Waals surface area contributed by atoms with Gasteiger partial charge in [-0.2, -0.15) is 0 Å². The van der Waals surface area contributed by atoms with E-state index in [0.717, 1.165) is 13.1 Å². The second-order valence-corrected chi connectivity index (χ2v) is 5.88. The highest BCUT2D eigenvalue weighted by Crippen LogP contribution is 2.19. The number of carboxylic acids is 1. The van der Waals surface area contributed by atoms with Gasteiger partial charge in [-0.3, -0.25) is 0 Å². The van der Waals surface area contributed by atoms with Gasteiger partial charge in [0, 0.05) is 26.2 Å². The first kappa shape index (κ1) is 14.8. The first-order chi connectivity index (χ1) is 8.21. The van der Waals surface area contributed by atoms with Crippen molar-refractivity contribution in [3.63, 3.8) is 0 Å². The van der Waals surface area contributed by atoms with Crippen molar-refractivity contribution in [2.24, 2.45) is 5.41 Å². The maximum atomic E-state index is 12.0. The van der Waals surface area contributed by atoms with Crippen LogP contribution in [0.3, 0.4) is 0 Å². The Morgan fingerprint density at radius 3 is 2.06 bits per heavy atom. The lowest BCUT2D eigenvalue weighted by Gasteiger charge is -2.35. The predicted molar refractivity (Wildman–Crippen MR) is 68.5 cm³/mol. The molecule has 18 heavy (non-hydrogen) atoms. The molecule has 104 valence electrons. The maximum Gasteiger partial charge on any atom is 0.326 e. The van der Waals surface area contributed by atoms with E-state index in [-0.39, 0.29) is 6.03 Å². The molecular weight excluding hydrogens is 234 g/mol. The number of nitrogens with zero attached hydrogens (tertiary/aromatic N) is 2. The summed E-state index contributed by atoms with van der Waals surface area (Å²) in [7, 11) is 2.00. The zero-order chi connectivity index (χ0) is 13.9. The molecule has 1 saturated heterocycles. The number of likely N-dealkylation sites (N-methyl/N-ethyl adjacent to an activating group) is 1. The normalized spacial score (nSPS) is 19.4. The minimum Gasteiger partial charge on any atom is -0.480 e. The molecule has 2 amide bonds. The van der Waals surface area contributed by atoms with Crippen LogP contribution in [0.5, 0.6) is 0 Å². The molecule has 0 bridgehead atoms. The number of piperazine rings is 1. The Hall–Kier alpha value is -1.30. The number of carbonyl (C=O) groups is 2. The Balaban J connectivity index is 2.59. The molecule has 1 fully saturated rings. The molecule has 0 aliphatic carbocycles. The number of hydrogen-bond acceptors (Lipinski definition) is 3. The zero-order valence-corrected chi connectivity index (χ0v) is 11.6. The zero-order valence-electron chi connectivity index (χ0n) is 11.6. The fraction of sp³-hybridized carbons (Fsp3) is 0.833. The van der Waals surface area contributed by atoms with Gasteiger partial charge >= 0.3 is 12.0 Å². The lowest BCUT2D eigenvalue weighted by atomic mass is 9.87. The molecule has 6 nitrogen and oxygen atoms in total. The summed E-state index contributed by atoms with van der Waals surface area (Å²) in [5, 5.41) is 11.8. The molecule has 1 heterocycles. The minimum atomic E-state index is -0.995. The lowest BCUT2D eigenvalue weighted by molar-refractivity contribution is -0.142. The molecule has 0 saturated carbocycles. The van der Waals surface area contributed by atoms with Gasteiger partial charge in [0.15, 0.2) is 0 Å². The summed E-state index contributed by atoms with van der Waals surface area (Å²) >= 11 is 0. The average molecular weight is 257 g/mol. The highest BCUT2D eigenvalue weighted by molar-refractivity contribution is 5.83. The predicted octanol–water partition coefficient (Wildman–Crippen LogP) is 0.443. The van der Waals surface area contributed by atoms with Crippen LogP contribution in [0.25, 0.3) is 0 Å². The Bertz CT molecular complexity index is 317. The summed E-state index contributed by atoms with van der Waals surface area (Å²) in [5.41, 5.74) is -0.506. The molecule has 0 spiro atoms. The van der Waals surface area contributed by atoms with E-state index >= 15 is 0 Å². The number of aliphatic carboxylic acids is 1. The van der Waals surface area contributed by atoms with Crippen LogP contribution >= 0.6 is 0 Å². The van der Waals surface area contributed by atoms with Crippen molar-refractivity contribution in [1.29, 1.82) is 0 Å². The van der Waals surface area contributed by atoms with Crippen LogP contribution in [0.2, 0.25) is 0 Å². The number of rotatable bonds is 2. The van der Waals surface area contributed by atoms with Gasteiger partial charge in [-0.25, -0.2) is 9.59 Å². The first-order valence-electron chi connectivity index (χ1n) is 6.18. The van der Waals surface area contributed by atoms with Gasteiger partial charge in [0.05, 0.1) is 0 Å². The standard InChI is InChI=1S/C12H23N3O3/c1-12(2,3)9(10(16)17)13-11(18)15-7-5-14(4)6-8-15/h9H,5-8H2,1-4H3,(H,13,18)(H,16,17). The molecule has 2 N–H and O–H groups in total. The van der Waals surface area contributed by atoms with E-state index in [9.17, 15) is 9.59 Å². The third-order valence-electron chi connectivity index (χ3n) is 3.17. The van der Waals surface area contributed by atoms with Crippen LogP contribution < -0.4 is 5.32 Å². The first-order valence-corrected chi connectivity index (χ1v) is 6.18. The van der Waals surface area contributed by atoms with Crippen molar-refractivity contribution in [3.8, 4) is 0 Å². The van der Waals surface area contributed by atoms with Gasteiger partial charge in [-0.1, -0.05) is 20.8 Å². The Labute approximate surface area is 108 Å². The van der Waals surface area contributed by atoms with E-state index in [2.05, 4.69) is 10.2 Å². The van der Waals surface area contributed by atoms with Crippen LogP contribution in [0.4, 0.5) is 4.79 Å². The van der Waals surface area contributed by atoms with Gasteiger partial charge in [0.1, 0.15) is 6.04 Å². The van der Waals surface area contributed by atoms with Crippen molar-refractivity contribution in [2.45, 2.75) is 26.8 Å². The number of carboxylic acid groups (broad SMARTS) is 1. The summed E-state index contributed by atoms with van der Waals surface area (Å²) in [6, 6.07) is -1.16. The third-order valence-corrected chi connectivity index (χ3v) is 3.17. The quantitative estimate of drug-likeness (QED) is 0.753. The van der Waals surface area contributed by atoms with Crippen molar-refractivity contribution in [3.05, 3.63) is 0 Å². The Morgan fingerprint density at radius 1 is 1.17 bits per heavy atom. The topological polar surface area (TPSA) is 72.9 Å². The van der Waals surface area contributed by atoms with Gasteiger partial charge in [0.25, 0.3) is 0 Å². The Morgan fingerprint density at radius 2 is 1.67 bits per heavy atom. The smallest absolute Gasteiger partial charge is 0.326 e. The molecule has 0 aromatic heterocycles. The second-order valence-electron chi connectivity index (χ2n) is 5.88. The molecule has 0 aromatic rings. The third kappa shape index (κ3) is 3.87. The summed E-state index contributed by atoms with van der Waals surface area (Å²) in [4.78, 5) is 27.0. The molecular formula is C12H23N3O3. The van der Waals surface area contributed by atoms with E-state index in [1.807, 2.05) is 7.05 Å². The molecule has 1 atom stereocenters. The number of nitrogens with one attached hydrogen (secondary N) is 1. The Kier molecular flexibility index (Phi) is 4.56. The van der Waals surface area contributed by atoms with Crippen LogP contribution in [-0.2, 0) is 4.79 Å². The molecule has 1 unspecified atom stereocenters. The fourth-order valence-corrected chi connectivity index (χ4v) is 1.87. The van der Waals surface area contributed by atoms with Gasteiger partial charge in [-0.05, 0) is 12.5 Å². The largest absolute Gasteiger partial charge is 0.480 e. The van der Waals surface area contributed by atoms with Gasteiger partial charge in [-0.15, -0.1) is 0 Å². The molecule has 1 rings (SSSR count). The van der Waals surface area contributed by atoms with E-state index in [1.54, 1.807) is 25.7 Å². The lowest BCUT2D eigenvalue weighted by Crippen LogP contribution is -2.56. The van der Waals surface area contributed by atoms with Gasteiger partial charge < -0.3 is 20.2 Å². The van der Waals surface area contributed by atoms with Crippen molar-refractivity contribution >= 4 is 12.0 Å². The van der Waals surface area contributed by atoms with E-state index in [1.165, 1.54) is 0 Å². The fourth-order valence-electron chi connectivity index (χ4n) is 1.87. The number of amides is 2. The summed E-state index contributed by atoms with van der Waals surface area (Å²) < 4.78 is 0. The average Bonchev–Trinajstić information content (AvgIpc) is 2.24. The minimum absolute atomic E-state index is 0.287. The van der Waals surface area contributed by atoms with Gasteiger partial charge in [0.2, 0.25) is 0 Å². The summed E-state index contributed by atoms with van der Waals surface area (Å²) in [6.07, 6.45) is 0. The number of hydrogen-bond donors (Lipinski definition) is 2. The highest BCUT2D eigenvalue weighted by atomic mass is 16.4. The molecule has 6 heteroatoms. The van der Waals surface area contributed by atoms with Crippen LogP contribution in [0.1, 0.15) is 20.8 Å². The van der Waals surface area contributed by atoms with Crippen molar-refractivity contribution in [2.75, 3.05) is 33.2 Å². The summed E-state index contributed by atoms with van der Waals surface area (Å²) in [5.74, 6) is -0.995. The maximum absolute atomic E-state index is 12.0. The number of urea groups is 1. The van der Waals surface area contributed by atoms with Crippen LogP contribution in [0.15, 0.2) is 0 Å². The van der Waals surface area contributed by atoms with Crippen LogP contribution in [0, 0.1) is 5.41 Å². The van der Waals surface area contributed by atoms with E-state index in [0.29, 0.717) is 13.1 Å². The SMILES string of the molecule is CN1CCN(C(=O)NC(C(=O)O)C(C)(C)C)CC1. The van der Waals surface area contributed by atoms with Crippen LogP contribution in [-0.4, -0.2) is 66.2 Å². The number of carbonyl (C=O) groups excluding carboxylic acids is 1. The molecule has 1 aliphatic rings. The van der Waals surface area contributed by atoms with E-state index in [4.69, 9.17) is 5.11 Å². The highest BCUT2D eigenvalue weighted by Gasteiger charge is 2.34. The van der Waals surface area contributed by atoms with E-state index < -0.39 is 17.4 Å². The van der Waals surface area contributed by atoms with Crippen molar-refractivity contribution < 1.29 is 14.7 Å². The summed E-state index contributed by atoms with van der Waals surface area (Å²) in [6.45, 7) is 8.32. The second kappa shape index (κ2) is 5.56.